The van der Waals surface area contributed by atoms with Crippen LogP contribution in [0.2, 0.25) is 0 Å². The van der Waals surface area contributed by atoms with E-state index in [1.54, 1.807) is 6.08 Å². The highest BCUT2D eigenvalue weighted by molar-refractivity contribution is 5.76. The van der Waals surface area contributed by atoms with Gasteiger partial charge in [-0.15, -0.1) is 0 Å². The number of allylic oxidation sites excluding steroid dienone is 1. The average Bonchev–Trinajstić information content (AvgIpc) is 3.57. The van der Waals surface area contributed by atoms with Crippen LogP contribution in [0, 0.1) is 0 Å². The van der Waals surface area contributed by atoms with Crippen LogP contribution in [-0.2, 0) is 23.8 Å². The number of nitrogens with one attached hydrogen (secondary N) is 1. The van der Waals surface area contributed by atoms with Crippen molar-refractivity contribution >= 4 is 11.9 Å². The molecule has 1 aliphatic rings. The molecule has 0 aromatic heterocycles. The van der Waals surface area contributed by atoms with Crippen LogP contribution in [0.3, 0.4) is 0 Å². The van der Waals surface area contributed by atoms with Crippen molar-refractivity contribution in [2.75, 3.05) is 19.8 Å². The lowest BCUT2D eigenvalue weighted by atomic mass is 9.99. The van der Waals surface area contributed by atoms with Gasteiger partial charge in [0.15, 0.2) is 6.29 Å². The summed E-state index contributed by atoms with van der Waals surface area (Å²) in [6, 6.07) is -0.805. The molecule has 0 aromatic rings. The molecule has 1 rings (SSSR count). The first-order valence-electron chi connectivity index (χ1n) is 36.5. The first kappa shape index (κ1) is 79.4. The molecule has 0 radical (unpaired) electrons. The standard InChI is InChI=1S/C72H139NO10/c1-3-5-7-9-11-13-14-15-16-17-31-34-37-40-44-48-52-56-60-68(77)81-61-57-53-49-45-41-38-35-32-29-27-25-23-21-19-18-20-22-24-26-28-30-33-36-39-43-47-51-55-59-67(76)73-64(65(75)58-54-50-46-42-12-10-8-6-4-2)63-82-72-71(80)70(79)69(78)66(62-74)83-72/h54,58,64-66,69-72,74-75,78-80H,3-53,55-57,59-63H2,1-2H3,(H,73,76)/b58-54+. The zero-order valence-corrected chi connectivity index (χ0v) is 54.7. The number of carbonyl (C=O) groups is 2. The van der Waals surface area contributed by atoms with Crippen LogP contribution in [-0.4, -0.2) is 100 Å². The van der Waals surface area contributed by atoms with Crippen molar-refractivity contribution in [2.45, 2.75) is 416 Å². The fourth-order valence-corrected chi connectivity index (χ4v) is 11.9. The molecule has 7 atom stereocenters. The molecule has 7 unspecified atom stereocenters. The molecule has 0 aromatic carbocycles. The van der Waals surface area contributed by atoms with Crippen LogP contribution in [0.15, 0.2) is 12.2 Å². The lowest BCUT2D eigenvalue weighted by Gasteiger charge is -2.40. The summed E-state index contributed by atoms with van der Waals surface area (Å²) >= 11 is 0. The van der Waals surface area contributed by atoms with Crippen molar-refractivity contribution in [3.8, 4) is 0 Å². The van der Waals surface area contributed by atoms with Crippen molar-refractivity contribution in [2.24, 2.45) is 0 Å². The maximum absolute atomic E-state index is 13.0. The first-order chi connectivity index (χ1) is 40.7. The second-order valence-corrected chi connectivity index (χ2v) is 25.7. The van der Waals surface area contributed by atoms with Crippen LogP contribution in [0.25, 0.3) is 0 Å². The summed E-state index contributed by atoms with van der Waals surface area (Å²) in [6.07, 6.45) is 66.6. The number of hydrogen-bond acceptors (Lipinski definition) is 10. The number of hydrogen-bond donors (Lipinski definition) is 6. The lowest BCUT2D eigenvalue weighted by molar-refractivity contribution is -0.302. The summed E-state index contributed by atoms with van der Waals surface area (Å²) in [5, 5.41) is 54.3. The Bertz CT molecular complexity index is 1380. The Morgan fingerprint density at radius 3 is 1.12 bits per heavy atom. The lowest BCUT2D eigenvalue weighted by Crippen LogP contribution is -2.60. The quantitative estimate of drug-likeness (QED) is 0.0195. The van der Waals surface area contributed by atoms with Gasteiger partial charge < -0.3 is 45.1 Å². The van der Waals surface area contributed by atoms with E-state index in [0.29, 0.717) is 19.4 Å². The highest BCUT2D eigenvalue weighted by atomic mass is 16.7. The number of ether oxygens (including phenoxy) is 3. The summed E-state index contributed by atoms with van der Waals surface area (Å²) in [7, 11) is 0. The predicted molar refractivity (Wildman–Crippen MR) is 348 cm³/mol. The number of esters is 1. The van der Waals surface area contributed by atoms with Gasteiger partial charge in [0.1, 0.15) is 24.4 Å². The first-order valence-corrected chi connectivity index (χ1v) is 36.5. The molecular weight excluding hydrogens is 1040 g/mol. The van der Waals surface area contributed by atoms with E-state index in [9.17, 15) is 35.1 Å². The maximum atomic E-state index is 13.0. The Hall–Kier alpha value is -1.60. The van der Waals surface area contributed by atoms with Crippen LogP contribution >= 0.6 is 0 Å². The fraction of sp³-hybridized carbons (Fsp3) is 0.944. The molecule has 83 heavy (non-hydrogen) atoms. The van der Waals surface area contributed by atoms with E-state index in [4.69, 9.17) is 14.2 Å². The molecule has 0 aliphatic carbocycles. The van der Waals surface area contributed by atoms with E-state index in [0.717, 1.165) is 51.4 Å². The third-order valence-corrected chi connectivity index (χ3v) is 17.7. The van der Waals surface area contributed by atoms with Crippen molar-refractivity contribution in [3.05, 3.63) is 12.2 Å². The molecule has 6 N–H and O–H groups in total. The molecule has 492 valence electrons. The van der Waals surface area contributed by atoms with E-state index < -0.39 is 49.5 Å². The Kier molecular flexibility index (Phi) is 59.3. The second-order valence-electron chi connectivity index (χ2n) is 25.7. The van der Waals surface area contributed by atoms with E-state index >= 15 is 0 Å². The molecule has 11 nitrogen and oxygen atoms in total. The van der Waals surface area contributed by atoms with Crippen molar-refractivity contribution in [1.29, 1.82) is 0 Å². The smallest absolute Gasteiger partial charge is 0.305 e. The van der Waals surface area contributed by atoms with Gasteiger partial charge in [-0.25, -0.2) is 0 Å². The van der Waals surface area contributed by atoms with E-state index in [1.165, 1.54) is 295 Å². The van der Waals surface area contributed by atoms with Crippen LogP contribution in [0.4, 0.5) is 0 Å². The van der Waals surface area contributed by atoms with E-state index in [2.05, 4.69) is 19.2 Å². The number of rotatable bonds is 65. The third-order valence-electron chi connectivity index (χ3n) is 17.7. The van der Waals surface area contributed by atoms with Gasteiger partial charge in [-0.05, 0) is 32.1 Å². The molecule has 1 amide bonds. The van der Waals surface area contributed by atoms with Gasteiger partial charge >= 0.3 is 5.97 Å². The molecule has 1 fully saturated rings. The zero-order chi connectivity index (χ0) is 60.2. The second kappa shape index (κ2) is 62.0. The highest BCUT2D eigenvalue weighted by Crippen LogP contribution is 2.24. The predicted octanol–water partition coefficient (Wildman–Crippen LogP) is 18.6. The molecule has 1 aliphatic heterocycles. The topological polar surface area (TPSA) is 175 Å². The summed E-state index contributed by atoms with van der Waals surface area (Å²) < 4.78 is 16.7. The number of unbranched alkanes of at least 4 members (excludes halogenated alkanes) is 51. The number of carbonyl (C=O) groups excluding carboxylic acids is 2. The van der Waals surface area contributed by atoms with Gasteiger partial charge in [-0.2, -0.15) is 0 Å². The minimum atomic E-state index is -1.57. The Morgan fingerprint density at radius 2 is 0.759 bits per heavy atom. The van der Waals surface area contributed by atoms with Gasteiger partial charge in [0, 0.05) is 12.8 Å². The van der Waals surface area contributed by atoms with Crippen LogP contribution in [0.5, 0.6) is 0 Å². The summed E-state index contributed by atoms with van der Waals surface area (Å²) in [5.41, 5.74) is 0. The third kappa shape index (κ3) is 51.0. The van der Waals surface area contributed by atoms with Gasteiger partial charge in [0.2, 0.25) is 5.91 Å². The van der Waals surface area contributed by atoms with Gasteiger partial charge in [-0.1, -0.05) is 341 Å². The number of aliphatic hydroxyl groups is 5. The van der Waals surface area contributed by atoms with Crippen LogP contribution < -0.4 is 5.32 Å². The molecule has 0 spiro atoms. The molecule has 0 saturated carbocycles. The van der Waals surface area contributed by atoms with E-state index in [-0.39, 0.29) is 18.5 Å². The van der Waals surface area contributed by atoms with Gasteiger partial charge in [-0.3, -0.25) is 9.59 Å². The largest absolute Gasteiger partial charge is 0.466 e. The zero-order valence-electron chi connectivity index (χ0n) is 54.7. The van der Waals surface area contributed by atoms with Gasteiger partial charge in [0.25, 0.3) is 0 Å². The Morgan fingerprint density at radius 1 is 0.434 bits per heavy atom. The maximum Gasteiger partial charge on any atom is 0.305 e. The monoisotopic (exact) mass is 1180 g/mol. The van der Waals surface area contributed by atoms with Crippen molar-refractivity contribution in [1.82, 2.24) is 5.32 Å². The normalized spacial score (nSPS) is 18.1. The highest BCUT2D eigenvalue weighted by Gasteiger charge is 2.44. The summed E-state index contributed by atoms with van der Waals surface area (Å²) in [4.78, 5) is 25.1. The van der Waals surface area contributed by atoms with Crippen molar-refractivity contribution < 1.29 is 49.3 Å². The summed E-state index contributed by atoms with van der Waals surface area (Å²) in [5.74, 6) is -0.164. The summed E-state index contributed by atoms with van der Waals surface area (Å²) in [6.45, 7) is 4.37. The Balaban J connectivity index is 1.88. The molecule has 1 saturated heterocycles. The van der Waals surface area contributed by atoms with Crippen LogP contribution in [0.1, 0.15) is 373 Å². The fourth-order valence-electron chi connectivity index (χ4n) is 11.9. The Labute approximate surface area is 512 Å². The average molecular weight is 1180 g/mol. The number of aliphatic hydroxyl groups excluding tert-OH is 5. The SMILES string of the molecule is CCCCCCCCC/C=C/C(O)C(COC1OC(CO)C(O)C(O)C1O)NC(=O)CCCCCCCCCCCCCCCCCCCCCCCCCCCCCCOC(=O)CCCCCCCCCCCCCCCCCCCC. The minimum Gasteiger partial charge on any atom is -0.466 e. The molecule has 1 heterocycles. The minimum absolute atomic E-state index is 0.0150. The van der Waals surface area contributed by atoms with E-state index in [1.807, 2.05) is 6.08 Å². The van der Waals surface area contributed by atoms with Gasteiger partial charge in [0.05, 0.1) is 32.0 Å². The van der Waals surface area contributed by atoms with Crippen molar-refractivity contribution in [3.63, 3.8) is 0 Å². The molecular formula is C72H139NO10. The number of amides is 1. The molecule has 0 bridgehead atoms. The molecule has 11 heteroatoms.